The molecule has 8 nitrogen and oxygen atoms in total. The molecular weight excluding hydrogens is 529 g/mol. The van der Waals surface area contributed by atoms with Crippen LogP contribution in [-0.4, -0.2) is 51.9 Å². The molecule has 2 aromatic heterocycles. The minimum Gasteiger partial charge on any atom is -0.465 e. The van der Waals surface area contributed by atoms with Gasteiger partial charge in [0.2, 0.25) is 0 Å². The molecule has 12 heteroatoms. The first-order valence-corrected chi connectivity index (χ1v) is 12.7. The van der Waals surface area contributed by atoms with E-state index in [1.807, 2.05) is 19.9 Å². The van der Waals surface area contributed by atoms with Crippen LogP contribution in [0.4, 0.5) is 10.8 Å². The van der Waals surface area contributed by atoms with Gasteiger partial charge in [-0.1, -0.05) is 29.3 Å². The van der Waals surface area contributed by atoms with Crippen LogP contribution in [0.1, 0.15) is 45.0 Å². The number of benzene rings is 1. The predicted octanol–water partition coefficient (Wildman–Crippen LogP) is 5.69. The second kappa shape index (κ2) is 11.9. The highest BCUT2D eigenvalue weighted by Crippen LogP contribution is 2.34. The molecule has 186 valence electrons. The summed E-state index contributed by atoms with van der Waals surface area (Å²) in [6.45, 7) is 7.11. The fourth-order valence-electron chi connectivity index (χ4n) is 3.40. The van der Waals surface area contributed by atoms with Gasteiger partial charge in [-0.2, -0.15) is 5.10 Å². The third-order valence-corrected chi connectivity index (χ3v) is 7.22. The number of carbonyl (C=O) groups excluding carboxylic acids is 2. The van der Waals surface area contributed by atoms with Crippen LogP contribution in [-0.2, 0) is 11.3 Å². The molecule has 2 heterocycles. The second-order valence-electron chi connectivity index (χ2n) is 7.44. The van der Waals surface area contributed by atoms with Crippen molar-refractivity contribution < 1.29 is 14.3 Å². The second-order valence-corrected chi connectivity index (χ2v) is 9.72. The van der Waals surface area contributed by atoms with Crippen LogP contribution >= 0.6 is 46.8 Å². The normalized spacial score (nSPS) is 10.7. The molecule has 35 heavy (non-hydrogen) atoms. The van der Waals surface area contributed by atoms with E-state index in [0.717, 1.165) is 16.9 Å². The Balaban J connectivity index is 1.77. The number of anilines is 2. The summed E-state index contributed by atoms with van der Waals surface area (Å²) in [5.74, 6) is -0.194. The summed E-state index contributed by atoms with van der Waals surface area (Å²) in [6.07, 6.45) is 1.78. The Morgan fingerprint density at radius 1 is 1.20 bits per heavy atom. The molecule has 0 saturated heterocycles. The molecule has 0 spiro atoms. The number of amides is 1. The lowest BCUT2D eigenvalue weighted by atomic mass is 10.1. The first-order valence-electron chi connectivity index (χ1n) is 10.7. The maximum absolute atomic E-state index is 13.0. The van der Waals surface area contributed by atoms with Crippen LogP contribution in [0.2, 0.25) is 10.0 Å². The molecule has 1 aromatic carbocycles. The number of nitrogens with one attached hydrogen (secondary N) is 2. The van der Waals surface area contributed by atoms with Gasteiger partial charge in [-0.15, -0.1) is 11.3 Å². The van der Waals surface area contributed by atoms with Crippen molar-refractivity contribution in [3.8, 4) is 0 Å². The first kappa shape index (κ1) is 26.9. The van der Waals surface area contributed by atoms with Gasteiger partial charge in [0.25, 0.3) is 5.91 Å². The summed E-state index contributed by atoms with van der Waals surface area (Å²) in [4.78, 5) is 27.6. The van der Waals surface area contributed by atoms with E-state index in [-0.39, 0.29) is 16.6 Å². The smallest absolute Gasteiger partial charge is 0.341 e. The van der Waals surface area contributed by atoms with Gasteiger partial charge in [-0.05, 0) is 56.2 Å². The predicted molar refractivity (Wildman–Crippen MR) is 145 cm³/mol. The van der Waals surface area contributed by atoms with E-state index < -0.39 is 5.97 Å². The third kappa shape index (κ3) is 6.32. The van der Waals surface area contributed by atoms with E-state index in [2.05, 4.69) is 15.7 Å². The summed E-state index contributed by atoms with van der Waals surface area (Å²) in [5.41, 5.74) is 1.70. The molecule has 2 N–H and O–H groups in total. The molecule has 0 bridgehead atoms. The Morgan fingerprint density at radius 2 is 1.91 bits per heavy atom. The average molecular weight is 555 g/mol. The summed E-state index contributed by atoms with van der Waals surface area (Å²) in [5, 5.41) is 12.2. The number of nitrogens with zero attached hydrogens (tertiary/aromatic N) is 3. The van der Waals surface area contributed by atoms with E-state index in [1.165, 1.54) is 7.11 Å². The minimum atomic E-state index is -0.549. The number of aromatic nitrogens is 2. The Bertz CT molecular complexity index is 1250. The number of thiocarbonyl (C=S) groups is 1. The molecule has 0 fully saturated rings. The maximum atomic E-state index is 13.0. The van der Waals surface area contributed by atoms with E-state index in [1.54, 1.807) is 40.9 Å². The molecule has 0 aliphatic rings. The van der Waals surface area contributed by atoms with Crippen LogP contribution in [0.3, 0.4) is 0 Å². The van der Waals surface area contributed by atoms with Crippen molar-refractivity contribution in [3.05, 3.63) is 62.1 Å². The number of halogens is 2. The molecule has 0 unspecified atom stereocenters. The van der Waals surface area contributed by atoms with Crippen molar-refractivity contribution in [1.82, 2.24) is 14.7 Å². The number of rotatable bonds is 8. The molecule has 0 radical (unpaired) electrons. The van der Waals surface area contributed by atoms with Crippen molar-refractivity contribution in [1.29, 1.82) is 0 Å². The molecule has 0 aliphatic carbocycles. The monoisotopic (exact) mass is 553 g/mol. The van der Waals surface area contributed by atoms with Gasteiger partial charge < -0.3 is 20.3 Å². The first-order chi connectivity index (χ1) is 16.7. The zero-order chi connectivity index (χ0) is 25.7. The van der Waals surface area contributed by atoms with Crippen molar-refractivity contribution in [3.63, 3.8) is 0 Å². The molecule has 3 aromatic rings. The number of hydrogen-bond acceptors (Lipinski definition) is 6. The number of carbonyl (C=O) groups is 2. The van der Waals surface area contributed by atoms with Gasteiger partial charge in [0, 0.05) is 35.4 Å². The lowest BCUT2D eigenvalue weighted by molar-refractivity contribution is 0.0601. The molecule has 3 rings (SSSR count). The fourth-order valence-corrected chi connectivity index (χ4v) is 5.31. The van der Waals surface area contributed by atoms with E-state index in [0.29, 0.717) is 50.9 Å². The number of esters is 1. The summed E-state index contributed by atoms with van der Waals surface area (Å²) in [7, 11) is 1.30. The summed E-state index contributed by atoms with van der Waals surface area (Å²) < 4.78 is 6.65. The standard InChI is InChI=1S/C23H25Cl2N5O3S2/c1-5-29(6-2)21(31)19-13(3)18(22(32)33-4)20(35-19)27-23(34)26-17-9-10-30(28-17)12-14-7-8-15(24)11-16(14)25/h7-11H,5-6,12H2,1-4H3,(H2,26,27,28,34). The quantitative estimate of drug-likeness (QED) is 0.273. The van der Waals surface area contributed by atoms with Crippen LogP contribution < -0.4 is 10.6 Å². The number of thiophene rings is 1. The highest BCUT2D eigenvalue weighted by Gasteiger charge is 2.27. The minimum absolute atomic E-state index is 0.144. The molecule has 0 saturated carbocycles. The van der Waals surface area contributed by atoms with Gasteiger partial charge in [0.1, 0.15) is 5.00 Å². The Labute approximate surface area is 223 Å². The molecule has 1 amide bonds. The summed E-state index contributed by atoms with van der Waals surface area (Å²) in [6, 6.07) is 7.05. The lowest BCUT2D eigenvalue weighted by Gasteiger charge is -2.17. The average Bonchev–Trinajstić information content (AvgIpc) is 3.39. The van der Waals surface area contributed by atoms with Crippen molar-refractivity contribution >= 4 is 74.6 Å². The van der Waals surface area contributed by atoms with E-state index in [9.17, 15) is 9.59 Å². The number of ether oxygens (including phenoxy) is 1. The molecule has 0 aliphatic heterocycles. The maximum Gasteiger partial charge on any atom is 0.341 e. The highest BCUT2D eigenvalue weighted by molar-refractivity contribution is 7.80. The van der Waals surface area contributed by atoms with Crippen LogP contribution in [0.5, 0.6) is 0 Å². The van der Waals surface area contributed by atoms with Gasteiger partial charge in [-0.25, -0.2) is 4.79 Å². The zero-order valence-electron chi connectivity index (χ0n) is 19.6. The SMILES string of the molecule is CCN(CC)C(=O)c1sc(NC(=S)Nc2ccn(Cc3ccc(Cl)cc3Cl)n2)c(C(=O)OC)c1C. The van der Waals surface area contributed by atoms with Gasteiger partial charge in [0.15, 0.2) is 10.9 Å². The Hall–Kier alpha value is -2.66. The van der Waals surface area contributed by atoms with Crippen molar-refractivity contribution in [2.24, 2.45) is 0 Å². The third-order valence-electron chi connectivity index (χ3n) is 5.24. The van der Waals surface area contributed by atoms with Crippen molar-refractivity contribution in [2.45, 2.75) is 27.3 Å². The van der Waals surface area contributed by atoms with Gasteiger partial charge >= 0.3 is 5.97 Å². The largest absolute Gasteiger partial charge is 0.465 e. The van der Waals surface area contributed by atoms with Crippen LogP contribution in [0.25, 0.3) is 0 Å². The lowest BCUT2D eigenvalue weighted by Crippen LogP contribution is -2.30. The number of methoxy groups -OCH3 is 1. The zero-order valence-corrected chi connectivity index (χ0v) is 22.8. The van der Waals surface area contributed by atoms with Gasteiger partial charge in [0.05, 0.1) is 24.1 Å². The van der Waals surface area contributed by atoms with E-state index in [4.69, 9.17) is 40.2 Å². The molecular formula is C23H25Cl2N5O3S2. The van der Waals surface area contributed by atoms with Crippen LogP contribution in [0, 0.1) is 6.92 Å². The highest BCUT2D eigenvalue weighted by atomic mass is 35.5. The Morgan fingerprint density at radius 3 is 2.54 bits per heavy atom. The number of hydrogen-bond donors (Lipinski definition) is 2. The van der Waals surface area contributed by atoms with Crippen LogP contribution in [0.15, 0.2) is 30.5 Å². The topological polar surface area (TPSA) is 88.5 Å². The van der Waals surface area contributed by atoms with Crippen molar-refractivity contribution in [2.75, 3.05) is 30.8 Å². The Kier molecular flexibility index (Phi) is 9.12. The van der Waals surface area contributed by atoms with Gasteiger partial charge in [-0.3, -0.25) is 9.48 Å². The van der Waals surface area contributed by atoms with E-state index >= 15 is 0 Å². The fraction of sp³-hybridized carbons (Fsp3) is 0.304. The summed E-state index contributed by atoms with van der Waals surface area (Å²) >= 11 is 18.8. The molecule has 0 atom stereocenters.